The largest absolute Gasteiger partial charge is 0.495 e. The number of guanidine groups is 1. The molecule has 0 radical (unpaired) electrons. The third kappa shape index (κ3) is 5.60. The van der Waals surface area contributed by atoms with Gasteiger partial charge in [0.2, 0.25) is 0 Å². The Labute approximate surface area is 165 Å². The van der Waals surface area contributed by atoms with Crippen molar-refractivity contribution in [2.75, 3.05) is 26.1 Å². The zero-order chi connectivity index (χ0) is 17.5. The molecular formula is C17H26IN5O2. The molecule has 0 fully saturated rings. The van der Waals surface area contributed by atoms with Crippen molar-refractivity contribution in [3.63, 3.8) is 0 Å². The van der Waals surface area contributed by atoms with E-state index in [4.69, 9.17) is 15.2 Å². The fraction of sp³-hybridized carbons (Fsp3) is 0.412. The number of nitrogens with zero attached hydrogens (tertiary/aromatic N) is 3. The number of aromatic nitrogens is 2. The summed E-state index contributed by atoms with van der Waals surface area (Å²) in [6.45, 7) is 5.83. The van der Waals surface area contributed by atoms with Crippen LogP contribution < -0.4 is 15.8 Å². The highest BCUT2D eigenvalue weighted by Crippen LogP contribution is 2.22. The third-order valence-corrected chi connectivity index (χ3v) is 3.82. The monoisotopic (exact) mass is 459 g/mol. The molecule has 0 aliphatic heterocycles. The molecular weight excluding hydrogens is 433 g/mol. The number of hydrogen-bond donors (Lipinski definition) is 2. The van der Waals surface area contributed by atoms with E-state index in [0.717, 1.165) is 34.9 Å². The molecule has 0 bridgehead atoms. The zero-order valence-corrected chi connectivity index (χ0v) is 17.4. The van der Waals surface area contributed by atoms with Gasteiger partial charge in [-0.05, 0) is 26.0 Å². The maximum Gasteiger partial charge on any atom is 0.193 e. The lowest BCUT2D eigenvalue weighted by atomic mass is 10.2. The van der Waals surface area contributed by atoms with E-state index in [0.29, 0.717) is 19.1 Å². The Hall–Kier alpha value is -1.81. The predicted molar refractivity (Wildman–Crippen MR) is 111 cm³/mol. The average molecular weight is 459 g/mol. The van der Waals surface area contributed by atoms with Gasteiger partial charge in [0.1, 0.15) is 5.75 Å². The van der Waals surface area contributed by atoms with Crippen molar-refractivity contribution in [1.29, 1.82) is 0 Å². The number of ether oxygens (including phenoxy) is 2. The van der Waals surface area contributed by atoms with Gasteiger partial charge in [0.15, 0.2) is 5.96 Å². The molecule has 0 spiro atoms. The van der Waals surface area contributed by atoms with Crippen LogP contribution in [0.5, 0.6) is 5.75 Å². The lowest BCUT2D eigenvalue weighted by molar-refractivity contribution is 0.182. The molecule has 0 aliphatic rings. The Balaban J connectivity index is 0.00000312. The van der Waals surface area contributed by atoms with Crippen LogP contribution >= 0.6 is 24.0 Å². The van der Waals surface area contributed by atoms with E-state index in [1.807, 2.05) is 42.8 Å². The fourth-order valence-electron chi connectivity index (χ4n) is 2.45. The molecule has 25 heavy (non-hydrogen) atoms. The van der Waals surface area contributed by atoms with Crippen LogP contribution in [0.4, 0.5) is 5.69 Å². The summed E-state index contributed by atoms with van der Waals surface area (Å²) in [7, 11) is 3.30. The summed E-state index contributed by atoms with van der Waals surface area (Å²) in [5, 5.41) is 7.59. The van der Waals surface area contributed by atoms with Crippen molar-refractivity contribution in [2.24, 2.45) is 10.7 Å². The molecule has 0 unspecified atom stereocenters. The summed E-state index contributed by atoms with van der Waals surface area (Å²) in [5.41, 5.74) is 9.90. The lowest BCUT2D eigenvalue weighted by Crippen LogP contribution is -2.23. The summed E-state index contributed by atoms with van der Waals surface area (Å²) < 4.78 is 12.3. The molecule has 2 rings (SSSR count). The first-order valence-corrected chi connectivity index (χ1v) is 7.78. The van der Waals surface area contributed by atoms with Crippen LogP contribution in [0.3, 0.4) is 0 Å². The Morgan fingerprint density at radius 1 is 1.28 bits per heavy atom. The first kappa shape index (κ1) is 21.2. The minimum atomic E-state index is 0. The number of benzene rings is 1. The SMILES string of the molecule is COCCn1nc(C)c(CN=C(N)Nc2ccccc2OC)c1C.I. The topological polar surface area (TPSA) is 86.7 Å². The van der Waals surface area contributed by atoms with E-state index >= 15 is 0 Å². The van der Waals surface area contributed by atoms with Crippen LogP contribution in [0.2, 0.25) is 0 Å². The molecule has 7 nitrogen and oxygen atoms in total. The van der Waals surface area contributed by atoms with E-state index < -0.39 is 0 Å². The second-order valence-corrected chi connectivity index (χ2v) is 5.39. The van der Waals surface area contributed by atoms with Crippen LogP contribution in [-0.4, -0.2) is 36.6 Å². The number of methoxy groups -OCH3 is 2. The normalized spacial score (nSPS) is 11.1. The molecule has 0 aliphatic carbocycles. The van der Waals surface area contributed by atoms with Gasteiger partial charge >= 0.3 is 0 Å². The number of hydrogen-bond acceptors (Lipinski definition) is 4. The summed E-state index contributed by atoms with van der Waals surface area (Å²) in [5.74, 6) is 1.05. The van der Waals surface area contributed by atoms with Crippen molar-refractivity contribution in [1.82, 2.24) is 9.78 Å². The Kier molecular flexibility index (Phi) is 8.70. The first-order valence-electron chi connectivity index (χ1n) is 7.78. The number of rotatable bonds is 7. The van der Waals surface area contributed by atoms with Crippen LogP contribution in [0, 0.1) is 13.8 Å². The highest BCUT2D eigenvalue weighted by atomic mass is 127. The summed E-state index contributed by atoms with van der Waals surface area (Å²) >= 11 is 0. The molecule has 1 aromatic carbocycles. The van der Waals surface area contributed by atoms with Crippen molar-refractivity contribution in [3.05, 3.63) is 41.2 Å². The summed E-state index contributed by atoms with van der Waals surface area (Å²) in [4.78, 5) is 4.42. The van der Waals surface area contributed by atoms with Crippen LogP contribution in [0.15, 0.2) is 29.3 Å². The molecule has 0 atom stereocenters. The molecule has 8 heteroatoms. The van der Waals surface area contributed by atoms with Crippen LogP contribution in [0.1, 0.15) is 17.0 Å². The molecule has 138 valence electrons. The van der Waals surface area contributed by atoms with E-state index in [1.165, 1.54) is 0 Å². The Morgan fingerprint density at radius 3 is 2.68 bits per heavy atom. The van der Waals surface area contributed by atoms with Crippen molar-refractivity contribution >= 4 is 35.6 Å². The second kappa shape index (κ2) is 10.2. The maximum absolute atomic E-state index is 6.00. The Bertz CT molecular complexity index is 715. The van der Waals surface area contributed by atoms with E-state index in [9.17, 15) is 0 Å². The van der Waals surface area contributed by atoms with E-state index in [1.54, 1.807) is 14.2 Å². The minimum absolute atomic E-state index is 0. The predicted octanol–water partition coefficient (Wildman–Crippen LogP) is 2.70. The standard InChI is InChI=1S/C17H25N5O2.HI/c1-12-14(13(2)22(21-12)9-10-23-3)11-19-17(18)20-15-7-5-6-8-16(15)24-4;/h5-8H,9-11H2,1-4H3,(H3,18,19,20);1H. The highest BCUT2D eigenvalue weighted by molar-refractivity contribution is 14.0. The number of halogens is 1. The molecule has 0 saturated heterocycles. The van der Waals surface area contributed by atoms with Gasteiger partial charge in [-0.15, -0.1) is 24.0 Å². The molecule has 2 aromatic rings. The fourth-order valence-corrected chi connectivity index (χ4v) is 2.45. The van der Waals surface area contributed by atoms with Crippen molar-refractivity contribution in [2.45, 2.75) is 26.9 Å². The van der Waals surface area contributed by atoms with Gasteiger partial charge in [-0.3, -0.25) is 4.68 Å². The van der Waals surface area contributed by atoms with Gasteiger partial charge < -0.3 is 20.5 Å². The lowest BCUT2D eigenvalue weighted by Gasteiger charge is -2.10. The van der Waals surface area contributed by atoms with Gasteiger partial charge in [0, 0.05) is 18.4 Å². The van der Waals surface area contributed by atoms with Gasteiger partial charge in [-0.2, -0.15) is 5.10 Å². The molecule has 1 heterocycles. The molecule has 0 saturated carbocycles. The van der Waals surface area contributed by atoms with Crippen molar-refractivity contribution in [3.8, 4) is 5.75 Å². The Morgan fingerprint density at radius 2 is 2.00 bits per heavy atom. The highest BCUT2D eigenvalue weighted by Gasteiger charge is 2.11. The molecule has 1 aromatic heterocycles. The average Bonchev–Trinajstić information content (AvgIpc) is 2.85. The maximum atomic E-state index is 6.00. The quantitative estimate of drug-likeness (QED) is 0.378. The van der Waals surface area contributed by atoms with Gasteiger partial charge in [0.05, 0.1) is 38.2 Å². The smallest absolute Gasteiger partial charge is 0.193 e. The van der Waals surface area contributed by atoms with E-state index in [-0.39, 0.29) is 24.0 Å². The van der Waals surface area contributed by atoms with Gasteiger partial charge in [0.25, 0.3) is 0 Å². The number of aliphatic imine (C=N–C) groups is 1. The first-order chi connectivity index (χ1) is 11.6. The zero-order valence-electron chi connectivity index (χ0n) is 15.1. The number of nitrogens with two attached hydrogens (primary N) is 1. The number of aryl methyl sites for hydroxylation is 1. The van der Waals surface area contributed by atoms with E-state index in [2.05, 4.69) is 15.4 Å². The summed E-state index contributed by atoms with van der Waals surface area (Å²) in [6.07, 6.45) is 0. The molecule has 3 N–H and O–H groups in total. The second-order valence-electron chi connectivity index (χ2n) is 5.39. The van der Waals surface area contributed by atoms with Gasteiger partial charge in [-0.1, -0.05) is 12.1 Å². The molecule has 0 amide bonds. The van der Waals surface area contributed by atoms with Crippen LogP contribution in [-0.2, 0) is 17.8 Å². The van der Waals surface area contributed by atoms with Gasteiger partial charge in [-0.25, -0.2) is 4.99 Å². The third-order valence-electron chi connectivity index (χ3n) is 3.82. The number of anilines is 1. The van der Waals surface area contributed by atoms with Crippen molar-refractivity contribution < 1.29 is 9.47 Å². The number of nitrogens with one attached hydrogen (secondary N) is 1. The minimum Gasteiger partial charge on any atom is -0.495 e. The number of para-hydroxylation sites is 2. The van der Waals surface area contributed by atoms with Crippen LogP contribution in [0.25, 0.3) is 0 Å². The summed E-state index contributed by atoms with van der Waals surface area (Å²) in [6, 6.07) is 7.56.